The van der Waals surface area contributed by atoms with Crippen molar-refractivity contribution in [3.8, 4) is 0 Å². The van der Waals surface area contributed by atoms with Crippen LogP contribution in [0.25, 0.3) is 0 Å². The van der Waals surface area contributed by atoms with Crippen LogP contribution in [0.15, 0.2) is 28.8 Å². The fourth-order valence-corrected chi connectivity index (χ4v) is 2.04. The van der Waals surface area contributed by atoms with E-state index in [1.54, 1.807) is 20.8 Å². The lowest BCUT2D eigenvalue weighted by Gasteiger charge is -2.21. The number of carbonyl (C=O) groups is 1. The van der Waals surface area contributed by atoms with Gasteiger partial charge < -0.3 is 9.84 Å². The third kappa shape index (κ3) is 4.30. The van der Waals surface area contributed by atoms with Crippen molar-refractivity contribution in [2.75, 3.05) is 0 Å². The van der Waals surface area contributed by atoms with E-state index in [1.165, 1.54) is 12.1 Å². The van der Waals surface area contributed by atoms with Gasteiger partial charge in [0.15, 0.2) is 5.82 Å². The molecule has 5 nitrogen and oxygen atoms in total. The highest BCUT2D eigenvalue weighted by Gasteiger charge is 2.31. The van der Waals surface area contributed by atoms with Crippen molar-refractivity contribution in [3.63, 3.8) is 0 Å². The van der Waals surface area contributed by atoms with E-state index in [4.69, 9.17) is 4.52 Å². The summed E-state index contributed by atoms with van der Waals surface area (Å²) >= 11 is 0. The highest BCUT2D eigenvalue weighted by molar-refractivity contribution is 5.79. The molecular weight excluding hydrogens is 311 g/mol. The van der Waals surface area contributed by atoms with Crippen LogP contribution in [-0.2, 0) is 22.9 Å². The number of benzene rings is 1. The largest absolute Gasteiger partial charge is 0.416 e. The van der Waals surface area contributed by atoms with E-state index in [1.807, 2.05) is 0 Å². The third-order valence-corrected chi connectivity index (χ3v) is 3.13. The van der Waals surface area contributed by atoms with Crippen LogP contribution < -0.4 is 5.32 Å². The van der Waals surface area contributed by atoms with Crippen molar-refractivity contribution in [2.24, 2.45) is 0 Å². The molecule has 8 heteroatoms. The van der Waals surface area contributed by atoms with Crippen LogP contribution in [0.5, 0.6) is 0 Å². The van der Waals surface area contributed by atoms with Gasteiger partial charge in [0.1, 0.15) is 5.54 Å². The number of carbonyl (C=O) groups excluding carboxylic acids is 1. The molecular formula is C15H16F3N3O2. The van der Waals surface area contributed by atoms with Crippen molar-refractivity contribution in [3.05, 3.63) is 47.1 Å². The summed E-state index contributed by atoms with van der Waals surface area (Å²) in [5.41, 5.74) is -1.43. The topological polar surface area (TPSA) is 68.0 Å². The summed E-state index contributed by atoms with van der Waals surface area (Å²) in [6, 6.07) is 4.67. The molecule has 0 aliphatic carbocycles. The summed E-state index contributed by atoms with van der Waals surface area (Å²) in [4.78, 5) is 16.1. The lowest BCUT2D eigenvalue weighted by atomic mass is 10.0. The Labute approximate surface area is 130 Å². The molecule has 0 aliphatic heterocycles. The van der Waals surface area contributed by atoms with Gasteiger partial charge in [0.2, 0.25) is 5.91 Å². The van der Waals surface area contributed by atoms with E-state index in [9.17, 15) is 18.0 Å². The standard InChI is InChI=1S/C15H16F3N3O2/c1-9-19-13(23-21-9)14(2,3)20-12(22)8-10-5-4-6-11(7-10)15(16,17)18/h4-7H,8H2,1-3H3,(H,20,22). The monoisotopic (exact) mass is 327 g/mol. The number of alkyl halides is 3. The van der Waals surface area contributed by atoms with Gasteiger partial charge in [0.05, 0.1) is 12.0 Å². The summed E-state index contributed by atoms with van der Waals surface area (Å²) in [5.74, 6) is 0.220. The maximum atomic E-state index is 12.7. The zero-order valence-corrected chi connectivity index (χ0v) is 12.9. The van der Waals surface area contributed by atoms with Gasteiger partial charge in [-0.3, -0.25) is 4.79 Å². The fraction of sp³-hybridized carbons (Fsp3) is 0.400. The van der Waals surface area contributed by atoms with E-state index in [2.05, 4.69) is 15.5 Å². The van der Waals surface area contributed by atoms with Gasteiger partial charge in [-0.1, -0.05) is 23.4 Å². The molecule has 1 heterocycles. The van der Waals surface area contributed by atoms with Crippen molar-refractivity contribution in [2.45, 2.75) is 38.9 Å². The minimum Gasteiger partial charge on any atom is -0.342 e. The number of rotatable bonds is 4. The van der Waals surface area contributed by atoms with Gasteiger partial charge in [-0.2, -0.15) is 18.2 Å². The molecule has 0 bridgehead atoms. The van der Waals surface area contributed by atoms with Crippen LogP contribution in [0.1, 0.15) is 36.7 Å². The third-order valence-electron chi connectivity index (χ3n) is 3.13. The van der Waals surface area contributed by atoms with Crippen molar-refractivity contribution in [1.29, 1.82) is 0 Å². The van der Waals surface area contributed by atoms with E-state index < -0.39 is 23.2 Å². The molecule has 0 saturated heterocycles. The van der Waals surface area contributed by atoms with Crippen LogP contribution >= 0.6 is 0 Å². The Hall–Kier alpha value is -2.38. The smallest absolute Gasteiger partial charge is 0.342 e. The normalized spacial score (nSPS) is 12.3. The van der Waals surface area contributed by atoms with Crippen molar-refractivity contribution in [1.82, 2.24) is 15.5 Å². The van der Waals surface area contributed by atoms with Crippen LogP contribution in [0.2, 0.25) is 0 Å². The Balaban J connectivity index is 2.08. The van der Waals surface area contributed by atoms with Gasteiger partial charge in [0, 0.05) is 0 Å². The van der Waals surface area contributed by atoms with Crippen LogP contribution in [-0.4, -0.2) is 16.0 Å². The van der Waals surface area contributed by atoms with Gasteiger partial charge >= 0.3 is 6.18 Å². The quantitative estimate of drug-likeness (QED) is 0.937. The molecule has 0 fully saturated rings. The molecule has 2 aromatic rings. The second-order valence-electron chi connectivity index (χ2n) is 5.69. The summed E-state index contributed by atoms with van der Waals surface area (Å²) < 4.78 is 43.0. The van der Waals surface area contributed by atoms with Crippen molar-refractivity contribution < 1.29 is 22.5 Å². The predicted molar refractivity (Wildman–Crippen MR) is 75.4 cm³/mol. The number of hydrogen-bond acceptors (Lipinski definition) is 4. The number of nitrogens with one attached hydrogen (secondary N) is 1. The van der Waals surface area contributed by atoms with Gasteiger partial charge in [-0.25, -0.2) is 0 Å². The fourth-order valence-electron chi connectivity index (χ4n) is 2.04. The van der Waals surface area contributed by atoms with Gasteiger partial charge in [0.25, 0.3) is 5.89 Å². The first-order valence-corrected chi connectivity index (χ1v) is 6.86. The summed E-state index contributed by atoms with van der Waals surface area (Å²) in [7, 11) is 0. The zero-order valence-electron chi connectivity index (χ0n) is 12.9. The first-order chi connectivity index (χ1) is 10.6. The summed E-state index contributed by atoms with van der Waals surface area (Å²) in [6.07, 6.45) is -4.62. The summed E-state index contributed by atoms with van der Waals surface area (Å²) in [5, 5.41) is 6.33. The molecule has 0 spiro atoms. The number of aromatic nitrogens is 2. The Bertz CT molecular complexity index is 708. The SMILES string of the molecule is Cc1noc(C(C)(C)NC(=O)Cc2cccc(C(F)(F)F)c2)n1. The Morgan fingerprint density at radius 3 is 2.57 bits per heavy atom. The molecule has 23 heavy (non-hydrogen) atoms. The Morgan fingerprint density at radius 1 is 1.30 bits per heavy atom. The first kappa shape index (κ1) is 17.0. The van der Waals surface area contributed by atoms with Crippen LogP contribution in [0.4, 0.5) is 13.2 Å². The molecule has 0 radical (unpaired) electrons. The molecule has 0 unspecified atom stereocenters. The molecule has 0 aliphatic rings. The minimum absolute atomic E-state index is 0.180. The number of hydrogen-bond donors (Lipinski definition) is 1. The maximum Gasteiger partial charge on any atom is 0.416 e. The van der Waals surface area contributed by atoms with E-state index in [0.717, 1.165) is 12.1 Å². The molecule has 124 valence electrons. The molecule has 2 rings (SSSR count). The van der Waals surface area contributed by atoms with Crippen molar-refractivity contribution >= 4 is 5.91 Å². The number of nitrogens with zero attached hydrogens (tertiary/aromatic N) is 2. The van der Waals surface area contributed by atoms with Crippen LogP contribution in [0.3, 0.4) is 0 Å². The average molecular weight is 327 g/mol. The Kier molecular flexibility index (Phi) is 4.44. The predicted octanol–water partition coefficient (Wildman–Crippen LogP) is 2.99. The molecule has 0 saturated carbocycles. The molecule has 1 aromatic carbocycles. The minimum atomic E-state index is -4.44. The molecule has 1 aromatic heterocycles. The van der Waals surface area contributed by atoms with E-state index in [0.29, 0.717) is 5.82 Å². The average Bonchev–Trinajstić information content (AvgIpc) is 2.85. The molecule has 1 N–H and O–H groups in total. The number of aryl methyl sites for hydroxylation is 1. The number of halogens is 3. The molecule has 0 atom stereocenters. The van der Waals surface area contributed by atoms with E-state index in [-0.39, 0.29) is 17.9 Å². The first-order valence-electron chi connectivity index (χ1n) is 6.86. The van der Waals surface area contributed by atoms with Gasteiger partial charge in [-0.15, -0.1) is 0 Å². The Morgan fingerprint density at radius 2 is 2.00 bits per heavy atom. The lowest BCUT2D eigenvalue weighted by Crippen LogP contribution is -2.42. The van der Waals surface area contributed by atoms with E-state index >= 15 is 0 Å². The number of amides is 1. The summed E-state index contributed by atoms with van der Waals surface area (Å²) in [6.45, 7) is 4.99. The highest BCUT2D eigenvalue weighted by atomic mass is 19.4. The van der Waals surface area contributed by atoms with Gasteiger partial charge in [-0.05, 0) is 32.4 Å². The second kappa shape index (κ2) is 6.02. The zero-order chi connectivity index (χ0) is 17.3. The second-order valence-corrected chi connectivity index (χ2v) is 5.69. The molecule has 1 amide bonds. The highest BCUT2D eigenvalue weighted by Crippen LogP contribution is 2.29. The van der Waals surface area contributed by atoms with Crippen LogP contribution in [0, 0.1) is 6.92 Å². The lowest BCUT2D eigenvalue weighted by molar-refractivity contribution is -0.137. The maximum absolute atomic E-state index is 12.7.